The van der Waals surface area contributed by atoms with Gasteiger partial charge in [-0.1, -0.05) is 17.7 Å². The molecule has 0 bridgehead atoms. The molecule has 1 aromatic rings. The first-order valence-corrected chi connectivity index (χ1v) is 8.62. The summed E-state index contributed by atoms with van der Waals surface area (Å²) in [5.41, 5.74) is 1.94. The molecule has 2 aliphatic heterocycles. The molecule has 0 saturated carbocycles. The monoisotopic (exact) mass is 331 g/mol. The molecule has 0 spiro atoms. The molecule has 0 aliphatic carbocycles. The van der Waals surface area contributed by atoms with Crippen LogP contribution in [0.5, 0.6) is 0 Å². The smallest absolute Gasteiger partial charge is 0.321 e. The van der Waals surface area contributed by atoms with Crippen LogP contribution in [0.15, 0.2) is 24.3 Å². The van der Waals surface area contributed by atoms with Gasteiger partial charge in [0.15, 0.2) is 0 Å². The van der Waals surface area contributed by atoms with E-state index in [9.17, 15) is 9.59 Å². The van der Waals surface area contributed by atoms with Gasteiger partial charge in [-0.3, -0.25) is 4.79 Å². The number of likely N-dealkylation sites (tertiary alicyclic amines) is 1. The lowest BCUT2D eigenvalue weighted by Crippen LogP contribution is -2.50. The summed E-state index contributed by atoms with van der Waals surface area (Å²) in [5, 5.41) is 2.92. The number of carbonyl (C=O) groups is 2. The molecule has 2 saturated heterocycles. The fraction of sp³-hybridized carbons (Fsp3) is 0.556. The van der Waals surface area contributed by atoms with Gasteiger partial charge in [-0.05, 0) is 31.9 Å². The normalized spacial score (nSPS) is 21.5. The van der Waals surface area contributed by atoms with Crippen molar-refractivity contribution in [1.29, 1.82) is 0 Å². The Kier molecular flexibility index (Phi) is 5.35. The quantitative estimate of drug-likeness (QED) is 0.903. The van der Waals surface area contributed by atoms with E-state index < -0.39 is 0 Å². The Morgan fingerprint density at radius 1 is 1.08 bits per heavy atom. The second kappa shape index (κ2) is 7.66. The van der Waals surface area contributed by atoms with Gasteiger partial charge in [-0.2, -0.15) is 0 Å². The lowest BCUT2D eigenvalue weighted by Gasteiger charge is -2.36. The molecule has 1 atom stereocenters. The van der Waals surface area contributed by atoms with E-state index in [0.29, 0.717) is 39.4 Å². The number of hydrogen-bond acceptors (Lipinski definition) is 3. The Hall–Kier alpha value is -2.08. The van der Waals surface area contributed by atoms with Crippen LogP contribution in [0.3, 0.4) is 0 Å². The van der Waals surface area contributed by atoms with E-state index in [1.165, 1.54) is 0 Å². The number of nitrogens with one attached hydrogen (secondary N) is 1. The van der Waals surface area contributed by atoms with Gasteiger partial charge in [-0.25, -0.2) is 4.79 Å². The van der Waals surface area contributed by atoms with Gasteiger partial charge >= 0.3 is 6.03 Å². The van der Waals surface area contributed by atoms with Crippen LogP contribution < -0.4 is 5.32 Å². The molecular weight excluding hydrogens is 306 g/mol. The summed E-state index contributed by atoms with van der Waals surface area (Å²) in [5.74, 6) is 0.0618. The van der Waals surface area contributed by atoms with Crippen LogP contribution >= 0.6 is 0 Å². The molecule has 2 aliphatic rings. The maximum absolute atomic E-state index is 12.6. The molecule has 24 heavy (non-hydrogen) atoms. The van der Waals surface area contributed by atoms with Gasteiger partial charge in [0.25, 0.3) is 0 Å². The van der Waals surface area contributed by atoms with Gasteiger partial charge in [0.1, 0.15) is 0 Å². The van der Waals surface area contributed by atoms with E-state index in [1.54, 1.807) is 4.90 Å². The first kappa shape index (κ1) is 16.8. The first-order valence-electron chi connectivity index (χ1n) is 8.62. The maximum Gasteiger partial charge on any atom is 0.321 e. The number of aryl methyl sites for hydroxylation is 1. The summed E-state index contributed by atoms with van der Waals surface area (Å²) in [6, 6.07) is 7.60. The first-order chi connectivity index (χ1) is 11.6. The molecule has 0 radical (unpaired) electrons. The molecule has 2 heterocycles. The average Bonchev–Trinajstić information content (AvgIpc) is 2.64. The Balaban J connectivity index is 1.57. The Morgan fingerprint density at radius 3 is 2.50 bits per heavy atom. The fourth-order valence-corrected chi connectivity index (χ4v) is 3.24. The number of nitrogens with zero attached hydrogens (tertiary/aromatic N) is 2. The third kappa shape index (κ3) is 4.06. The van der Waals surface area contributed by atoms with E-state index >= 15 is 0 Å². The molecule has 6 nitrogen and oxygen atoms in total. The van der Waals surface area contributed by atoms with E-state index in [0.717, 1.165) is 24.1 Å². The van der Waals surface area contributed by atoms with E-state index in [2.05, 4.69) is 5.32 Å². The van der Waals surface area contributed by atoms with Crippen molar-refractivity contribution >= 4 is 17.6 Å². The molecule has 3 rings (SSSR count). The molecule has 3 amide bonds. The maximum atomic E-state index is 12.6. The number of carbonyl (C=O) groups excluding carboxylic acids is 2. The van der Waals surface area contributed by atoms with E-state index in [1.807, 2.05) is 36.1 Å². The molecule has 1 unspecified atom stereocenters. The predicted octanol–water partition coefficient (Wildman–Crippen LogP) is 2.10. The molecule has 6 heteroatoms. The standard InChI is InChI=1S/C18H25N3O3/c1-14-4-6-16(7-5-14)19-18(23)21-8-2-3-15(13-21)17(22)20-9-11-24-12-10-20/h4-7,15H,2-3,8-13H2,1H3,(H,19,23). The SMILES string of the molecule is Cc1ccc(NC(=O)N2CCCC(C(=O)N3CCOCC3)C2)cc1. The summed E-state index contributed by atoms with van der Waals surface area (Å²) in [6.07, 6.45) is 1.71. The largest absolute Gasteiger partial charge is 0.378 e. The fourth-order valence-electron chi connectivity index (χ4n) is 3.24. The van der Waals surface area contributed by atoms with E-state index in [-0.39, 0.29) is 17.9 Å². The number of benzene rings is 1. The van der Waals surface area contributed by atoms with Crippen LogP contribution in [0, 0.1) is 12.8 Å². The molecule has 1 aromatic carbocycles. The highest BCUT2D eigenvalue weighted by Gasteiger charge is 2.31. The van der Waals surface area contributed by atoms with Crippen LogP contribution in [0.2, 0.25) is 0 Å². The minimum Gasteiger partial charge on any atom is -0.378 e. The predicted molar refractivity (Wildman–Crippen MR) is 91.9 cm³/mol. The molecule has 0 aromatic heterocycles. The number of rotatable bonds is 2. The van der Waals surface area contributed by atoms with Crippen molar-refractivity contribution in [3.8, 4) is 0 Å². The summed E-state index contributed by atoms with van der Waals surface area (Å²) in [4.78, 5) is 28.7. The van der Waals surface area contributed by atoms with Crippen molar-refractivity contribution in [3.05, 3.63) is 29.8 Å². The second-order valence-electron chi connectivity index (χ2n) is 6.52. The van der Waals surface area contributed by atoms with Gasteiger partial charge < -0.3 is 19.9 Å². The zero-order chi connectivity index (χ0) is 16.9. The highest BCUT2D eigenvalue weighted by Crippen LogP contribution is 2.20. The summed E-state index contributed by atoms with van der Waals surface area (Å²) in [6.45, 7) is 5.73. The molecular formula is C18H25N3O3. The number of piperidine rings is 1. The third-order valence-corrected chi connectivity index (χ3v) is 4.68. The number of anilines is 1. The average molecular weight is 331 g/mol. The summed E-state index contributed by atoms with van der Waals surface area (Å²) in [7, 11) is 0. The number of morpholine rings is 1. The number of urea groups is 1. The molecule has 2 fully saturated rings. The van der Waals surface area contributed by atoms with Crippen LogP contribution in [0.1, 0.15) is 18.4 Å². The zero-order valence-electron chi connectivity index (χ0n) is 14.2. The van der Waals surface area contributed by atoms with Crippen molar-refractivity contribution < 1.29 is 14.3 Å². The zero-order valence-corrected chi connectivity index (χ0v) is 14.2. The summed E-state index contributed by atoms with van der Waals surface area (Å²) < 4.78 is 5.30. The Labute approximate surface area is 142 Å². The highest BCUT2D eigenvalue weighted by atomic mass is 16.5. The van der Waals surface area contributed by atoms with Crippen molar-refractivity contribution in [2.75, 3.05) is 44.7 Å². The van der Waals surface area contributed by atoms with Crippen molar-refractivity contribution in [3.63, 3.8) is 0 Å². The van der Waals surface area contributed by atoms with E-state index in [4.69, 9.17) is 4.74 Å². The minimum absolute atomic E-state index is 0.0967. The number of ether oxygens (including phenoxy) is 1. The highest BCUT2D eigenvalue weighted by molar-refractivity contribution is 5.90. The lowest BCUT2D eigenvalue weighted by atomic mass is 9.96. The van der Waals surface area contributed by atoms with Gasteiger partial charge in [-0.15, -0.1) is 0 Å². The third-order valence-electron chi connectivity index (χ3n) is 4.68. The molecule has 1 N–H and O–H groups in total. The van der Waals surface area contributed by atoms with Crippen molar-refractivity contribution in [1.82, 2.24) is 9.80 Å². The lowest BCUT2D eigenvalue weighted by molar-refractivity contribution is -0.141. The van der Waals surface area contributed by atoms with Crippen molar-refractivity contribution in [2.45, 2.75) is 19.8 Å². The second-order valence-corrected chi connectivity index (χ2v) is 6.52. The molecule has 130 valence electrons. The minimum atomic E-state index is -0.127. The Bertz CT molecular complexity index is 582. The Morgan fingerprint density at radius 2 is 1.79 bits per heavy atom. The van der Waals surface area contributed by atoms with Crippen molar-refractivity contribution in [2.24, 2.45) is 5.92 Å². The number of amides is 3. The van der Waals surface area contributed by atoms with Crippen LogP contribution in [-0.4, -0.2) is 61.1 Å². The van der Waals surface area contributed by atoms with Crippen LogP contribution in [0.4, 0.5) is 10.5 Å². The van der Waals surface area contributed by atoms with Crippen LogP contribution in [0.25, 0.3) is 0 Å². The van der Waals surface area contributed by atoms with Gasteiger partial charge in [0.2, 0.25) is 5.91 Å². The van der Waals surface area contributed by atoms with Gasteiger partial charge in [0, 0.05) is 31.9 Å². The summed E-state index contributed by atoms with van der Waals surface area (Å²) >= 11 is 0. The number of hydrogen-bond donors (Lipinski definition) is 1. The topological polar surface area (TPSA) is 61.9 Å². The van der Waals surface area contributed by atoms with Gasteiger partial charge in [0.05, 0.1) is 19.1 Å². The van der Waals surface area contributed by atoms with Crippen LogP contribution in [-0.2, 0) is 9.53 Å².